The number of hydrogen-bond acceptors (Lipinski definition) is 5. The van der Waals surface area contributed by atoms with Crippen molar-refractivity contribution in [3.8, 4) is 6.07 Å². The van der Waals surface area contributed by atoms with E-state index in [0.29, 0.717) is 13.2 Å². The van der Waals surface area contributed by atoms with Gasteiger partial charge in [-0.15, -0.1) is 0 Å². The molecule has 152 valence electrons. The van der Waals surface area contributed by atoms with Crippen LogP contribution in [-0.4, -0.2) is 39.1 Å². The van der Waals surface area contributed by atoms with Crippen LogP contribution >= 0.6 is 15.9 Å². The lowest BCUT2D eigenvalue weighted by Gasteiger charge is -2.23. The summed E-state index contributed by atoms with van der Waals surface area (Å²) in [7, 11) is -1.10. The van der Waals surface area contributed by atoms with Crippen LogP contribution in [0.15, 0.2) is 29.1 Å². The van der Waals surface area contributed by atoms with Gasteiger partial charge in [-0.05, 0) is 41.4 Å². The van der Waals surface area contributed by atoms with Gasteiger partial charge in [-0.1, -0.05) is 19.6 Å². The highest BCUT2D eigenvalue weighted by Crippen LogP contribution is 2.48. The minimum atomic E-state index is -1.10. The van der Waals surface area contributed by atoms with Crippen LogP contribution in [0.1, 0.15) is 36.2 Å². The van der Waals surface area contributed by atoms with Gasteiger partial charge in [0.2, 0.25) is 0 Å². The third-order valence-electron chi connectivity index (χ3n) is 5.57. The van der Waals surface area contributed by atoms with E-state index in [1.54, 1.807) is 0 Å². The predicted molar refractivity (Wildman–Crippen MR) is 116 cm³/mol. The van der Waals surface area contributed by atoms with Crippen LogP contribution in [0, 0.1) is 11.3 Å². The maximum absolute atomic E-state index is 9.72. The topological polar surface area (TPSA) is 81.0 Å². The summed E-state index contributed by atoms with van der Waals surface area (Å²) in [6, 6.07) is 7.47. The van der Waals surface area contributed by atoms with Gasteiger partial charge < -0.3 is 4.74 Å². The maximum atomic E-state index is 9.72. The number of fused-ring (bicyclic) bond motifs is 3. The highest BCUT2D eigenvalue weighted by atomic mass is 79.9. The van der Waals surface area contributed by atoms with Crippen LogP contribution < -0.4 is 0 Å². The van der Waals surface area contributed by atoms with Gasteiger partial charge in [0.05, 0.1) is 28.8 Å². The molecule has 0 bridgehead atoms. The Balaban J connectivity index is 1.64. The Bertz CT molecular complexity index is 1090. The fourth-order valence-electron chi connectivity index (χ4n) is 3.95. The first kappa shape index (κ1) is 20.3. The fourth-order valence-corrected chi connectivity index (χ4v) is 5.07. The molecule has 0 saturated carbocycles. The number of aromatic nitrogens is 5. The molecule has 0 spiro atoms. The number of hydrogen-bond donors (Lipinski definition) is 0. The molecule has 3 aromatic heterocycles. The summed E-state index contributed by atoms with van der Waals surface area (Å²) in [5.74, 6) is -0.229. The summed E-state index contributed by atoms with van der Waals surface area (Å²) in [5.41, 5.74) is 3.18. The Kier molecular flexibility index (Phi) is 5.13. The van der Waals surface area contributed by atoms with E-state index in [0.717, 1.165) is 39.9 Å². The number of nitriles is 1. The first-order valence-electron chi connectivity index (χ1n) is 9.77. The molecule has 9 heteroatoms. The molecule has 1 aliphatic rings. The molecule has 0 amide bonds. The summed E-state index contributed by atoms with van der Waals surface area (Å²) >= 11 is 3.44. The van der Waals surface area contributed by atoms with E-state index < -0.39 is 13.5 Å². The average molecular weight is 473 g/mol. The summed E-state index contributed by atoms with van der Waals surface area (Å²) in [6.07, 6.45) is 4.42. The van der Waals surface area contributed by atoms with Crippen molar-refractivity contribution in [2.24, 2.45) is 0 Å². The second kappa shape index (κ2) is 7.34. The van der Waals surface area contributed by atoms with Crippen molar-refractivity contribution >= 4 is 29.7 Å². The quantitative estimate of drug-likeness (QED) is 0.394. The zero-order chi connectivity index (χ0) is 20.8. The van der Waals surface area contributed by atoms with Crippen LogP contribution in [-0.2, 0) is 16.9 Å². The smallest absolute Gasteiger partial charge is 0.156 e. The van der Waals surface area contributed by atoms with Crippen LogP contribution in [0.3, 0.4) is 0 Å². The van der Waals surface area contributed by atoms with Gasteiger partial charge in [-0.3, -0.25) is 0 Å². The lowest BCUT2D eigenvalue weighted by Crippen LogP contribution is -2.25. The Labute approximate surface area is 179 Å². The normalized spacial score (nSPS) is 21.4. The monoisotopic (exact) mass is 472 g/mol. The Morgan fingerprint density at radius 3 is 2.90 bits per heavy atom. The molecule has 2 atom stereocenters. The van der Waals surface area contributed by atoms with Gasteiger partial charge >= 0.3 is 0 Å². The maximum Gasteiger partial charge on any atom is 0.156 e. The standard InChI is InChI=1S/C20H25BrN6OSi/c1-20(16-5-6-26(24-16)13-28-7-8-29(2,3)4)10-14(11-22)15-12-23-18-9-17(21)25-27(18)19(15)20/h5-6,9,12,14H,7-8,10,13H2,1-4H3. The van der Waals surface area contributed by atoms with E-state index in [1.807, 2.05) is 33.7 Å². The summed E-state index contributed by atoms with van der Waals surface area (Å²) in [6.45, 7) is 10.4. The SMILES string of the molecule is CC1(c2ccn(COCC[Si](C)(C)C)n2)CC(C#N)c2cnc3cc(Br)nn3c21. The Hall–Kier alpha value is -2.02. The van der Waals surface area contributed by atoms with Crippen molar-refractivity contribution in [1.82, 2.24) is 24.4 Å². The number of halogens is 1. The van der Waals surface area contributed by atoms with Gasteiger partial charge in [-0.2, -0.15) is 15.5 Å². The first-order chi connectivity index (χ1) is 13.7. The molecule has 0 aliphatic heterocycles. The summed E-state index contributed by atoms with van der Waals surface area (Å²) in [4.78, 5) is 4.48. The minimum absolute atomic E-state index is 0.229. The molecule has 3 heterocycles. The van der Waals surface area contributed by atoms with Gasteiger partial charge in [0.25, 0.3) is 0 Å². The van der Waals surface area contributed by atoms with Gasteiger partial charge in [0.1, 0.15) is 11.3 Å². The van der Waals surface area contributed by atoms with Crippen molar-refractivity contribution in [2.75, 3.05) is 6.61 Å². The molecular formula is C20H25BrN6OSi. The lowest BCUT2D eigenvalue weighted by molar-refractivity contribution is 0.0780. The molecule has 0 N–H and O–H groups in total. The zero-order valence-corrected chi connectivity index (χ0v) is 19.8. The Morgan fingerprint density at radius 1 is 1.38 bits per heavy atom. The van der Waals surface area contributed by atoms with Gasteiger partial charge in [0, 0.05) is 38.7 Å². The second-order valence-electron chi connectivity index (χ2n) is 9.11. The molecule has 29 heavy (non-hydrogen) atoms. The Morgan fingerprint density at radius 2 is 2.17 bits per heavy atom. The van der Waals surface area contributed by atoms with Crippen molar-refractivity contribution in [3.05, 3.63) is 46.1 Å². The molecule has 7 nitrogen and oxygen atoms in total. The van der Waals surface area contributed by atoms with Crippen molar-refractivity contribution in [3.63, 3.8) is 0 Å². The van der Waals surface area contributed by atoms with E-state index in [1.165, 1.54) is 0 Å². The molecular weight excluding hydrogens is 448 g/mol. The first-order valence-corrected chi connectivity index (χ1v) is 14.3. The highest BCUT2D eigenvalue weighted by Gasteiger charge is 2.46. The van der Waals surface area contributed by atoms with Crippen molar-refractivity contribution in [1.29, 1.82) is 5.26 Å². The number of nitrogens with zero attached hydrogens (tertiary/aromatic N) is 6. The highest BCUT2D eigenvalue weighted by molar-refractivity contribution is 9.10. The average Bonchev–Trinajstić information content (AvgIpc) is 3.33. The molecule has 2 unspecified atom stereocenters. The molecule has 3 aromatic rings. The van der Waals surface area contributed by atoms with E-state index >= 15 is 0 Å². The zero-order valence-electron chi connectivity index (χ0n) is 17.2. The van der Waals surface area contributed by atoms with Crippen LogP contribution in [0.25, 0.3) is 5.65 Å². The number of rotatable bonds is 6. The molecule has 0 saturated heterocycles. The predicted octanol–water partition coefficient (Wildman–Crippen LogP) is 4.32. The third kappa shape index (κ3) is 3.77. The van der Waals surface area contributed by atoms with Crippen LogP contribution in [0.2, 0.25) is 25.7 Å². The second-order valence-corrected chi connectivity index (χ2v) is 15.5. The van der Waals surface area contributed by atoms with Crippen molar-refractivity contribution < 1.29 is 4.74 Å². The molecule has 1 aliphatic carbocycles. The molecule has 0 radical (unpaired) electrons. The lowest BCUT2D eigenvalue weighted by atomic mass is 9.83. The fraction of sp³-hybridized carbons (Fsp3) is 0.500. The van der Waals surface area contributed by atoms with Gasteiger partial charge in [0.15, 0.2) is 5.65 Å². The van der Waals surface area contributed by atoms with Crippen LogP contribution in [0.5, 0.6) is 0 Å². The summed E-state index contributed by atoms with van der Waals surface area (Å²) in [5, 5.41) is 19.1. The van der Waals surface area contributed by atoms with Crippen LogP contribution in [0.4, 0.5) is 0 Å². The van der Waals surface area contributed by atoms with E-state index in [4.69, 9.17) is 9.84 Å². The third-order valence-corrected chi connectivity index (χ3v) is 7.67. The summed E-state index contributed by atoms with van der Waals surface area (Å²) < 4.78 is 10.2. The van der Waals surface area contributed by atoms with E-state index in [2.05, 4.69) is 58.6 Å². The minimum Gasteiger partial charge on any atom is -0.360 e. The van der Waals surface area contributed by atoms with E-state index in [-0.39, 0.29) is 5.92 Å². The van der Waals surface area contributed by atoms with Gasteiger partial charge in [-0.25, -0.2) is 14.2 Å². The van der Waals surface area contributed by atoms with Crippen molar-refractivity contribution in [2.45, 2.75) is 57.1 Å². The molecule has 4 rings (SSSR count). The number of ether oxygens (including phenoxy) is 1. The van der Waals surface area contributed by atoms with E-state index in [9.17, 15) is 5.26 Å². The molecule has 0 aromatic carbocycles. The molecule has 0 fully saturated rings. The largest absolute Gasteiger partial charge is 0.360 e.